The Labute approximate surface area is 157 Å². The molecule has 0 bridgehead atoms. The predicted molar refractivity (Wildman–Crippen MR) is 97.6 cm³/mol. The Hall–Kier alpha value is -1.49. The topological polar surface area (TPSA) is 100 Å². The van der Waals surface area contributed by atoms with Gasteiger partial charge in [0, 0.05) is 6.04 Å². The zero-order valence-corrected chi connectivity index (χ0v) is 16.2. The number of piperazine rings is 1. The normalized spacial score (nSPS) is 20.2. The summed E-state index contributed by atoms with van der Waals surface area (Å²) in [6.07, 6.45) is 4.16. The van der Waals surface area contributed by atoms with E-state index < -0.39 is 16.1 Å². The molecule has 3 N–H and O–H groups in total. The molecule has 0 aromatic carbocycles. The summed E-state index contributed by atoms with van der Waals surface area (Å²) in [5.41, 5.74) is 0. The number of sulfonamides is 1. The van der Waals surface area contributed by atoms with Crippen LogP contribution >= 0.6 is 11.3 Å². The number of rotatable bonds is 5. The molecule has 26 heavy (non-hydrogen) atoms. The van der Waals surface area contributed by atoms with Crippen LogP contribution in [0.3, 0.4) is 0 Å². The third kappa shape index (κ3) is 4.81. The summed E-state index contributed by atoms with van der Waals surface area (Å²) < 4.78 is 26.8. The molecule has 3 amide bonds. The van der Waals surface area contributed by atoms with Crippen molar-refractivity contribution in [3.05, 3.63) is 17.5 Å². The lowest BCUT2D eigenvalue weighted by molar-refractivity contribution is -0.895. The van der Waals surface area contributed by atoms with Gasteiger partial charge in [0.1, 0.15) is 4.21 Å². The van der Waals surface area contributed by atoms with Crippen molar-refractivity contribution in [2.24, 2.45) is 0 Å². The number of thiophene rings is 1. The number of imide groups is 1. The van der Waals surface area contributed by atoms with E-state index in [9.17, 15) is 18.0 Å². The Morgan fingerprint density at radius 1 is 1.23 bits per heavy atom. The van der Waals surface area contributed by atoms with E-state index in [0.29, 0.717) is 30.4 Å². The minimum atomic E-state index is -3.43. The highest BCUT2D eigenvalue weighted by Gasteiger charge is 2.32. The van der Waals surface area contributed by atoms with Crippen LogP contribution in [0.2, 0.25) is 0 Å². The van der Waals surface area contributed by atoms with Gasteiger partial charge in [-0.2, -0.15) is 4.31 Å². The Morgan fingerprint density at radius 2 is 1.92 bits per heavy atom. The first-order chi connectivity index (χ1) is 12.4. The van der Waals surface area contributed by atoms with E-state index >= 15 is 0 Å². The lowest BCUT2D eigenvalue weighted by atomic mass is 10.2. The summed E-state index contributed by atoms with van der Waals surface area (Å²) in [7, 11) is -3.43. The molecule has 144 valence electrons. The SMILES string of the molecule is O=C(C[NH+]1CCN(S(=O)(=O)c2cccs2)CC1)NC(=O)NC1CCCC1. The third-order valence-corrected chi connectivity index (χ3v) is 8.14. The van der Waals surface area contributed by atoms with Gasteiger partial charge in [0.15, 0.2) is 6.54 Å². The van der Waals surface area contributed by atoms with Crippen LogP contribution in [0, 0.1) is 0 Å². The molecule has 0 unspecified atom stereocenters. The predicted octanol–water partition coefficient (Wildman–Crippen LogP) is -0.594. The van der Waals surface area contributed by atoms with Crippen molar-refractivity contribution < 1.29 is 22.9 Å². The van der Waals surface area contributed by atoms with Crippen LogP contribution in [-0.2, 0) is 14.8 Å². The van der Waals surface area contributed by atoms with Gasteiger partial charge in [-0.3, -0.25) is 10.1 Å². The number of carbonyl (C=O) groups excluding carboxylic acids is 2. The van der Waals surface area contributed by atoms with Gasteiger partial charge in [0.2, 0.25) is 0 Å². The Morgan fingerprint density at radius 3 is 2.54 bits per heavy atom. The molecule has 1 aromatic rings. The van der Waals surface area contributed by atoms with Crippen molar-refractivity contribution in [3.8, 4) is 0 Å². The molecule has 1 aliphatic heterocycles. The Kier molecular flexibility index (Phi) is 6.28. The number of hydrogen-bond acceptors (Lipinski definition) is 5. The highest BCUT2D eigenvalue weighted by atomic mass is 32.2. The van der Waals surface area contributed by atoms with Gasteiger partial charge < -0.3 is 10.2 Å². The summed E-state index contributed by atoms with van der Waals surface area (Å²) in [5.74, 6) is -0.329. The number of nitrogens with zero attached hydrogens (tertiary/aromatic N) is 1. The largest absolute Gasteiger partial charge is 0.335 e. The number of amides is 3. The summed E-state index contributed by atoms with van der Waals surface area (Å²) in [6.45, 7) is 2.00. The lowest BCUT2D eigenvalue weighted by Gasteiger charge is -2.30. The first-order valence-corrected chi connectivity index (χ1v) is 11.2. The standard InChI is InChI=1S/C16H24N4O4S2/c21-14(18-16(22)17-13-4-1-2-5-13)12-19-7-9-20(10-8-19)26(23,24)15-6-3-11-25-15/h3,6,11,13H,1-2,4-5,7-10,12H2,(H2,17,18,21,22)/p+1. The molecule has 3 rings (SSSR count). The maximum absolute atomic E-state index is 12.5. The first kappa shape index (κ1) is 19.3. The van der Waals surface area contributed by atoms with Crippen LogP contribution < -0.4 is 15.5 Å². The lowest BCUT2D eigenvalue weighted by Crippen LogP contribution is -3.15. The van der Waals surface area contributed by atoms with Gasteiger partial charge in [-0.15, -0.1) is 11.3 Å². The van der Waals surface area contributed by atoms with E-state index in [1.807, 2.05) is 0 Å². The van der Waals surface area contributed by atoms with Gasteiger partial charge in [-0.1, -0.05) is 18.9 Å². The van der Waals surface area contributed by atoms with Gasteiger partial charge in [-0.25, -0.2) is 13.2 Å². The van der Waals surface area contributed by atoms with Crippen molar-refractivity contribution in [2.45, 2.75) is 35.9 Å². The zero-order valence-electron chi connectivity index (χ0n) is 14.6. The number of hydrogen-bond donors (Lipinski definition) is 3. The maximum atomic E-state index is 12.5. The summed E-state index contributed by atoms with van der Waals surface area (Å²) in [6, 6.07) is 3.07. The van der Waals surface area contributed by atoms with Crippen LogP contribution in [0.15, 0.2) is 21.7 Å². The molecule has 1 saturated heterocycles. The second kappa shape index (κ2) is 8.47. The average molecular weight is 402 g/mol. The third-order valence-electron chi connectivity index (χ3n) is 4.87. The van der Waals surface area contributed by atoms with E-state index in [1.54, 1.807) is 17.5 Å². The van der Waals surface area contributed by atoms with Crippen molar-refractivity contribution in [1.82, 2.24) is 14.9 Å². The van der Waals surface area contributed by atoms with Crippen LogP contribution in [0.25, 0.3) is 0 Å². The highest BCUT2D eigenvalue weighted by Crippen LogP contribution is 2.20. The molecule has 10 heteroatoms. The van der Waals surface area contributed by atoms with Gasteiger partial charge in [-0.05, 0) is 24.3 Å². The maximum Gasteiger partial charge on any atom is 0.321 e. The second-order valence-electron chi connectivity index (χ2n) is 6.77. The minimum Gasteiger partial charge on any atom is -0.335 e. The monoisotopic (exact) mass is 401 g/mol. The van der Waals surface area contributed by atoms with E-state index in [2.05, 4.69) is 10.6 Å². The zero-order chi connectivity index (χ0) is 18.6. The molecular weight excluding hydrogens is 376 g/mol. The van der Waals surface area contributed by atoms with Crippen LogP contribution in [0.5, 0.6) is 0 Å². The summed E-state index contributed by atoms with van der Waals surface area (Å²) in [4.78, 5) is 24.8. The second-order valence-corrected chi connectivity index (χ2v) is 9.88. The Bertz CT molecular complexity index is 721. The molecule has 2 heterocycles. The van der Waals surface area contributed by atoms with Crippen molar-refractivity contribution in [3.63, 3.8) is 0 Å². The molecular formula is C16H25N4O4S2+. The summed E-state index contributed by atoms with van der Waals surface area (Å²) >= 11 is 1.21. The number of carbonyl (C=O) groups is 2. The average Bonchev–Trinajstić information content (AvgIpc) is 3.29. The molecule has 1 aromatic heterocycles. The van der Waals surface area contributed by atoms with Gasteiger partial charge in [0.25, 0.3) is 15.9 Å². The van der Waals surface area contributed by atoms with E-state index in [0.717, 1.165) is 30.6 Å². The van der Waals surface area contributed by atoms with Crippen molar-refractivity contribution in [1.29, 1.82) is 0 Å². The van der Waals surface area contributed by atoms with E-state index in [4.69, 9.17) is 0 Å². The summed E-state index contributed by atoms with van der Waals surface area (Å²) in [5, 5.41) is 6.95. The number of nitrogens with one attached hydrogen (secondary N) is 3. The van der Waals surface area contributed by atoms with E-state index in [-0.39, 0.29) is 18.5 Å². The van der Waals surface area contributed by atoms with E-state index in [1.165, 1.54) is 15.6 Å². The molecule has 2 aliphatic rings. The smallest absolute Gasteiger partial charge is 0.321 e. The number of quaternary nitrogens is 1. The van der Waals surface area contributed by atoms with Crippen LogP contribution in [0.1, 0.15) is 25.7 Å². The fourth-order valence-corrected chi connectivity index (χ4v) is 6.03. The molecule has 0 radical (unpaired) electrons. The van der Waals surface area contributed by atoms with Crippen molar-refractivity contribution >= 4 is 33.3 Å². The molecule has 2 fully saturated rings. The Balaban J connectivity index is 1.42. The fourth-order valence-electron chi connectivity index (χ4n) is 3.45. The fraction of sp³-hybridized carbons (Fsp3) is 0.625. The van der Waals surface area contributed by atoms with Gasteiger partial charge >= 0.3 is 6.03 Å². The highest BCUT2D eigenvalue weighted by molar-refractivity contribution is 7.91. The molecule has 8 nitrogen and oxygen atoms in total. The molecule has 1 saturated carbocycles. The van der Waals surface area contributed by atoms with Crippen LogP contribution in [-0.4, -0.2) is 63.4 Å². The minimum absolute atomic E-state index is 0.168. The number of urea groups is 1. The van der Waals surface area contributed by atoms with Crippen LogP contribution in [0.4, 0.5) is 4.79 Å². The molecule has 0 spiro atoms. The molecule has 1 aliphatic carbocycles. The van der Waals surface area contributed by atoms with Gasteiger partial charge in [0.05, 0.1) is 26.2 Å². The van der Waals surface area contributed by atoms with Crippen molar-refractivity contribution in [2.75, 3.05) is 32.7 Å². The quantitative estimate of drug-likeness (QED) is 0.614. The first-order valence-electron chi connectivity index (χ1n) is 8.93. The molecule has 0 atom stereocenters.